The topological polar surface area (TPSA) is 147 Å². The molecule has 16 heteroatoms. The van der Waals surface area contributed by atoms with Gasteiger partial charge in [0.25, 0.3) is 0 Å². The number of aryl methyl sites for hydroxylation is 2. The smallest absolute Gasteiger partial charge is 0.235 e. The number of methoxy groups -OCH3 is 1. The number of benzene rings is 3. The number of imide groups is 1. The van der Waals surface area contributed by atoms with Crippen molar-refractivity contribution in [3.05, 3.63) is 83.2 Å². The van der Waals surface area contributed by atoms with E-state index in [0.717, 1.165) is 101 Å². The van der Waals surface area contributed by atoms with Crippen molar-refractivity contribution in [3.63, 3.8) is 0 Å². The number of carbonyl (C=O) groups is 2. The van der Waals surface area contributed by atoms with Crippen LogP contribution in [0.5, 0.6) is 11.6 Å². The Bertz CT molecular complexity index is 3070. The standard InChI is InChI=1S/C57H68F2N8O6/c1-5-39-45(58)12-10-37-26-38(73-34-71-4)27-43(49(37)39)52-50(59)53-44(29-60-52)46(67-21-7-18-56(2,70)31-67)28-48(62-53)72-33-57(19-20-57)32-66-22-14-35(15-23-66)30-65-24-16-36(17-25-65)40-8-6-9-41-51(63-64(3)54(40)41)42-11-13-47(68)61-55(42)69/h6,8-10,12,26-29,35-36,42,70H,5,7,11,13-25,30-34H2,1-4H3,(H,61,68,69)/t42?,56-/m1/s1. The van der Waals surface area contributed by atoms with Crippen molar-refractivity contribution in [3.8, 4) is 22.9 Å². The summed E-state index contributed by atoms with van der Waals surface area (Å²) in [6.45, 7) is 11.5. The first-order valence-electron chi connectivity index (χ1n) is 26.5. The molecule has 2 atom stereocenters. The molecule has 2 amide bonds. The van der Waals surface area contributed by atoms with Crippen molar-refractivity contribution in [2.75, 3.05) is 77.8 Å². The Morgan fingerprint density at radius 2 is 1.71 bits per heavy atom. The van der Waals surface area contributed by atoms with Crippen molar-refractivity contribution in [2.45, 2.75) is 102 Å². The normalized spacial score (nSPS) is 22.4. The molecule has 3 aromatic carbocycles. The Kier molecular flexibility index (Phi) is 13.6. The molecular weight excluding hydrogens is 931 g/mol. The number of hydrogen-bond donors (Lipinski definition) is 2. The molecular formula is C57H68F2N8O6. The summed E-state index contributed by atoms with van der Waals surface area (Å²) in [4.78, 5) is 41.6. The lowest BCUT2D eigenvalue weighted by molar-refractivity contribution is -0.134. The minimum absolute atomic E-state index is 0.0101. The summed E-state index contributed by atoms with van der Waals surface area (Å²) in [6, 6.07) is 14.9. The number of carbonyl (C=O) groups excluding carboxylic acids is 2. The van der Waals surface area contributed by atoms with E-state index in [0.29, 0.717) is 102 Å². The zero-order valence-electron chi connectivity index (χ0n) is 42.7. The van der Waals surface area contributed by atoms with Crippen LogP contribution in [0.4, 0.5) is 14.5 Å². The number of para-hydroxylation sites is 1. The lowest BCUT2D eigenvalue weighted by Gasteiger charge is -2.39. The Balaban J connectivity index is 0.755. The van der Waals surface area contributed by atoms with Crippen LogP contribution in [0.3, 0.4) is 0 Å². The molecule has 11 rings (SSSR count). The number of hydrogen-bond acceptors (Lipinski definition) is 12. The van der Waals surface area contributed by atoms with E-state index in [1.54, 1.807) is 24.4 Å². The van der Waals surface area contributed by atoms with E-state index in [9.17, 15) is 14.7 Å². The van der Waals surface area contributed by atoms with Crippen molar-refractivity contribution in [2.24, 2.45) is 18.4 Å². The first-order valence-corrected chi connectivity index (χ1v) is 26.5. The molecule has 1 aliphatic carbocycles. The summed E-state index contributed by atoms with van der Waals surface area (Å²) < 4.78 is 52.4. The molecule has 4 saturated heterocycles. The van der Waals surface area contributed by atoms with Crippen LogP contribution >= 0.6 is 0 Å². The van der Waals surface area contributed by atoms with E-state index in [1.807, 2.05) is 31.6 Å². The molecule has 3 aromatic heterocycles. The number of β-amino-alcohol motifs (C(OH)–C–C–N with tert-alkyl or cyclic N) is 1. The maximum atomic E-state index is 17.4. The molecule has 386 valence electrons. The molecule has 14 nitrogen and oxygen atoms in total. The van der Waals surface area contributed by atoms with E-state index in [2.05, 4.69) is 38.2 Å². The molecule has 5 fully saturated rings. The van der Waals surface area contributed by atoms with Crippen molar-refractivity contribution in [1.29, 1.82) is 0 Å². The Labute approximate surface area is 425 Å². The van der Waals surface area contributed by atoms with Crippen LogP contribution in [0.2, 0.25) is 0 Å². The number of nitrogens with one attached hydrogen (secondary N) is 1. The fraction of sp³-hybridized carbons (Fsp3) is 0.526. The van der Waals surface area contributed by atoms with Gasteiger partial charge in [0.15, 0.2) is 12.6 Å². The zero-order chi connectivity index (χ0) is 50.6. The third-order valence-corrected chi connectivity index (χ3v) is 16.6. The highest BCUT2D eigenvalue weighted by Gasteiger charge is 2.46. The summed E-state index contributed by atoms with van der Waals surface area (Å²) in [5.41, 5.74) is 3.96. The first kappa shape index (κ1) is 49.4. The number of aromatic nitrogens is 4. The number of halogens is 2. The average Bonchev–Trinajstić information content (AvgIpc) is 4.07. The van der Waals surface area contributed by atoms with Crippen molar-refractivity contribution in [1.82, 2.24) is 34.9 Å². The summed E-state index contributed by atoms with van der Waals surface area (Å²) >= 11 is 0. The van der Waals surface area contributed by atoms with Gasteiger partial charge in [0.1, 0.15) is 22.8 Å². The minimum Gasteiger partial charge on any atom is -0.477 e. The van der Waals surface area contributed by atoms with Crippen LogP contribution in [-0.4, -0.2) is 125 Å². The fourth-order valence-corrected chi connectivity index (χ4v) is 12.6. The van der Waals surface area contributed by atoms with Gasteiger partial charge in [0, 0.05) is 80.8 Å². The largest absolute Gasteiger partial charge is 0.477 e. The van der Waals surface area contributed by atoms with Gasteiger partial charge in [0.2, 0.25) is 17.7 Å². The van der Waals surface area contributed by atoms with Crippen LogP contribution in [0.15, 0.2) is 54.7 Å². The quantitative estimate of drug-likeness (QED) is 0.0749. The van der Waals surface area contributed by atoms with Crippen LogP contribution in [0.1, 0.15) is 107 Å². The highest BCUT2D eigenvalue weighted by molar-refractivity contribution is 6.03. The number of aliphatic hydroxyl groups is 1. The summed E-state index contributed by atoms with van der Waals surface area (Å²) in [7, 11) is 3.50. The molecule has 1 saturated carbocycles. The average molecular weight is 999 g/mol. The maximum absolute atomic E-state index is 17.4. The van der Waals surface area contributed by atoms with E-state index in [1.165, 1.54) is 18.7 Å². The summed E-state index contributed by atoms with van der Waals surface area (Å²) in [5.74, 6) is -0.0506. The zero-order valence-corrected chi connectivity index (χ0v) is 42.7. The van der Waals surface area contributed by atoms with Gasteiger partial charge in [-0.25, -0.2) is 13.8 Å². The Hall–Kier alpha value is -5.81. The third kappa shape index (κ3) is 9.99. The molecule has 1 unspecified atom stereocenters. The molecule has 0 spiro atoms. The molecule has 0 bridgehead atoms. The number of piperidine rings is 4. The highest BCUT2D eigenvalue weighted by Crippen LogP contribution is 2.48. The van der Waals surface area contributed by atoms with Crippen molar-refractivity contribution < 1.29 is 37.7 Å². The van der Waals surface area contributed by atoms with Gasteiger partial charge in [0.05, 0.1) is 35.0 Å². The second kappa shape index (κ2) is 20.1. The number of rotatable bonds is 15. The van der Waals surface area contributed by atoms with Crippen LogP contribution in [0, 0.1) is 23.0 Å². The number of amides is 2. The summed E-state index contributed by atoms with van der Waals surface area (Å²) in [6.07, 6.45) is 10.9. The predicted molar refractivity (Wildman–Crippen MR) is 277 cm³/mol. The molecule has 5 aliphatic rings. The monoisotopic (exact) mass is 999 g/mol. The number of nitrogens with zero attached hydrogens (tertiary/aromatic N) is 7. The second-order valence-electron chi connectivity index (χ2n) is 22.0. The number of fused-ring (bicyclic) bond motifs is 3. The highest BCUT2D eigenvalue weighted by atomic mass is 19.1. The number of anilines is 1. The summed E-state index contributed by atoms with van der Waals surface area (Å²) in [5, 5.41) is 21.3. The number of likely N-dealkylation sites (tertiary alicyclic amines) is 2. The van der Waals surface area contributed by atoms with E-state index >= 15 is 8.78 Å². The number of ether oxygens (including phenoxy) is 3. The Morgan fingerprint density at radius 3 is 2.45 bits per heavy atom. The van der Waals surface area contributed by atoms with Gasteiger partial charge in [-0.2, -0.15) is 5.10 Å². The first-order chi connectivity index (χ1) is 35.3. The van der Waals surface area contributed by atoms with Crippen LogP contribution < -0.4 is 19.7 Å². The molecule has 6 aromatic rings. The van der Waals surface area contributed by atoms with Gasteiger partial charge in [-0.05, 0) is 149 Å². The van der Waals surface area contributed by atoms with E-state index in [4.69, 9.17) is 29.3 Å². The van der Waals surface area contributed by atoms with Gasteiger partial charge in [-0.15, -0.1) is 0 Å². The fourth-order valence-electron chi connectivity index (χ4n) is 12.6. The van der Waals surface area contributed by atoms with Gasteiger partial charge in [-0.1, -0.05) is 31.2 Å². The van der Waals surface area contributed by atoms with Crippen LogP contribution in [-0.2, 0) is 27.8 Å². The van der Waals surface area contributed by atoms with Crippen LogP contribution in [0.25, 0.3) is 43.8 Å². The molecule has 7 heterocycles. The van der Waals surface area contributed by atoms with Crippen molar-refractivity contribution >= 4 is 50.1 Å². The van der Waals surface area contributed by atoms with E-state index < -0.39 is 17.3 Å². The number of pyridine rings is 2. The maximum Gasteiger partial charge on any atom is 0.235 e. The lowest BCUT2D eigenvalue weighted by atomic mass is 9.86. The molecule has 73 heavy (non-hydrogen) atoms. The lowest BCUT2D eigenvalue weighted by Crippen LogP contribution is -2.46. The molecule has 0 radical (unpaired) electrons. The van der Waals surface area contributed by atoms with Gasteiger partial charge in [-0.3, -0.25) is 24.6 Å². The van der Waals surface area contributed by atoms with Gasteiger partial charge < -0.3 is 34.0 Å². The molecule has 2 N–H and O–H groups in total. The third-order valence-electron chi connectivity index (χ3n) is 16.6. The second-order valence-corrected chi connectivity index (χ2v) is 22.0. The molecule has 4 aliphatic heterocycles. The van der Waals surface area contributed by atoms with Gasteiger partial charge >= 0.3 is 0 Å². The minimum atomic E-state index is -0.921. The Morgan fingerprint density at radius 1 is 0.918 bits per heavy atom. The van der Waals surface area contributed by atoms with E-state index in [-0.39, 0.29) is 41.1 Å². The SMILES string of the molecule is CCc1c(F)ccc2cc(OCOC)cc(-c3ncc4c(N5CCC[C@@](C)(O)C5)cc(OCC5(CN6CCC(CN7CCC(c8cccc9c(C%10CCC(=O)NC%10=O)nn(C)c89)CC7)CC6)CC5)nc4c3F)c12. The predicted octanol–water partition coefficient (Wildman–Crippen LogP) is 8.78.